The number of thioether (sulfide) groups is 1. The molecule has 1 aliphatic rings. The zero-order valence-electron chi connectivity index (χ0n) is 17.3. The van der Waals surface area contributed by atoms with Gasteiger partial charge in [0.15, 0.2) is 22.4 Å². The van der Waals surface area contributed by atoms with E-state index in [4.69, 9.17) is 14.2 Å². The Morgan fingerprint density at radius 1 is 1.16 bits per heavy atom. The lowest BCUT2D eigenvalue weighted by Crippen LogP contribution is -2.24. The quantitative estimate of drug-likeness (QED) is 0.218. The maximum Gasteiger partial charge on any atom is 0.262 e. The van der Waals surface area contributed by atoms with Gasteiger partial charge in [0.25, 0.3) is 5.56 Å². The highest BCUT2D eigenvalue weighted by atomic mass is 32.2. The van der Waals surface area contributed by atoms with Crippen LogP contribution in [0.25, 0.3) is 10.9 Å². The Kier molecular flexibility index (Phi) is 6.89. The fraction of sp³-hybridized carbons (Fsp3) is 0.348. The van der Waals surface area contributed by atoms with Crippen molar-refractivity contribution in [3.8, 4) is 11.5 Å². The highest BCUT2D eigenvalue weighted by molar-refractivity contribution is 7.99. The van der Waals surface area contributed by atoms with Crippen molar-refractivity contribution < 1.29 is 19.0 Å². The highest BCUT2D eigenvalue weighted by Crippen LogP contribution is 2.31. The van der Waals surface area contributed by atoms with Gasteiger partial charge in [0.2, 0.25) is 0 Å². The molecule has 0 saturated carbocycles. The lowest BCUT2D eigenvalue weighted by Gasteiger charge is -2.18. The van der Waals surface area contributed by atoms with Crippen LogP contribution in [-0.4, -0.2) is 47.5 Å². The number of ketones is 1. The lowest BCUT2D eigenvalue weighted by atomic mass is 10.1. The first-order valence-corrected chi connectivity index (χ1v) is 11.3. The van der Waals surface area contributed by atoms with E-state index in [0.29, 0.717) is 72.5 Å². The largest absolute Gasteiger partial charge is 0.486 e. The van der Waals surface area contributed by atoms with Crippen molar-refractivity contribution in [1.29, 1.82) is 0 Å². The Morgan fingerprint density at radius 3 is 2.81 bits per heavy atom. The van der Waals surface area contributed by atoms with Gasteiger partial charge in [0.1, 0.15) is 13.2 Å². The number of para-hydroxylation sites is 1. The molecular weight excluding hydrogens is 416 g/mol. The summed E-state index contributed by atoms with van der Waals surface area (Å²) in [5.74, 6) is 1.33. The van der Waals surface area contributed by atoms with Gasteiger partial charge in [-0.1, -0.05) is 23.9 Å². The maximum absolute atomic E-state index is 13.0. The molecule has 0 N–H and O–H groups in total. The van der Waals surface area contributed by atoms with E-state index in [9.17, 15) is 9.59 Å². The molecule has 8 heteroatoms. The van der Waals surface area contributed by atoms with Crippen LogP contribution in [0.2, 0.25) is 0 Å². The van der Waals surface area contributed by atoms with Crippen LogP contribution in [0.3, 0.4) is 0 Å². The van der Waals surface area contributed by atoms with Crippen molar-refractivity contribution in [1.82, 2.24) is 9.55 Å². The Hall–Kier alpha value is -2.84. The number of nitrogens with zero attached hydrogens (tertiary/aromatic N) is 2. The number of fused-ring (bicyclic) bond motifs is 2. The number of carbonyl (C=O) groups excluding carboxylic acids is 1. The minimum absolute atomic E-state index is 0.0646. The summed E-state index contributed by atoms with van der Waals surface area (Å²) in [6.45, 7) is 4.59. The zero-order valence-corrected chi connectivity index (χ0v) is 18.2. The number of hydrogen-bond acceptors (Lipinski definition) is 7. The minimum Gasteiger partial charge on any atom is -0.486 e. The molecule has 2 aromatic carbocycles. The number of rotatable bonds is 9. The topological polar surface area (TPSA) is 79.7 Å². The first-order valence-electron chi connectivity index (χ1n) is 10.3. The van der Waals surface area contributed by atoms with Crippen LogP contribution < -0.4 is 15.0 Å². The second kappa shape index (κ2) is 9.98. The highest BCUT2D eigenvalue weighted by Gasteiger charge is 2.17. The smallest absolute Gasteiger partial charge is 0.262 e. The summed E-state index contributed by atoms with van der Waals surface area (Å²) in [6, 6.07) is 12.5. The van der Waals surface area contributed by atoms with Gasteiger partial charge in [0, 0.05) is 25.3 Å². The molecule has 0 unspecified atom stereocenters. The molecule has 3 aromatic rings. The molecule has 31 heavy (non-hydrogen) atoms. The molecule has 0 amide bonds. The molecule has 0 saturated heterocycles. The van der Waals surface area contributed by atoms with Crippen molar-refractivity contribution in [3.05, 3.63) is 58.4 Å². The molecule has 2 heterocycles. The van der Waals surface area contributed by atoms with E-state index >= 15 is 0 Å². The zero-order chi connectivity index (χ0) is 21.6. The van der Waals surface area contributed by atoms with Crippen LogP contribution in [0.15, 0.2) is 52.4 Å². The van der Waals surface area contributed by atoms with E-state index in [1.807, 2.05) is 25.1 Å². The number of hydrogen-bond donors (Lipinski definition) is 0. The third-order valence-electron chi connectivity index (χ3n) is 4.90. The molecule has 0 spiro atoms. The summed E-state index contributed by atoms with van der Waals surface area (Å²) in [7, 11) is 0. The predicted molar refractivity (Wildman–Crippen MR) is 120 cm³/mol. The fourth-order valence-corrected chi connectivity index (χ4v) is 4.27. The second-order valence-electron chi connectivity index (χ2n) is 6.99. The van der Waals surface area contributed by atoms with E-state index in [2.05, 4.69) is 4.98 Å². The van der Waals surface area contributed by atoms with Crippen LogP contribution in [0.5, 0.6) is 11.5 Å². The van der Waals surface area contributed by atoms with Gasteiger partial charge in [-0.15, -0.1) is 0 Å². The van der Waals surface area contributed by atoms with Gasteiger partial charge < -0.3 is 14.2 Å². The van der Waals surface area contributed by atoms with Crippen molar-refractivity contribution in [3.63, 3.8) is 0 Å². The summed E-state index contributed by atoms with van der Waals surface area (Å²) < 4.78 is 18.1. The molecule has 1 aromatic heterocycles. The standard InChI is InChI=1S/C23H24N2O5S/c1-2-28-11-5-10-25-22(27)17-6-3-4-7-18(17)24-23(25)31-15-19(26)16-8-9-20-21(14-16)30-13-12-29-20/h3-4,6-9,14H,2,5,10-13,15H2,1H3. The predicted octanol–water partition coefficient (Wildman–Crippen LogP) is 3.57. The fourth-order valence-electron chi connectivity index (χ4n) is 3.35. The van der Waals surface area contributed by atoms with Crippen LogP contribution in [0.1, 0.15) is 23.7 Å². The maximum atomic E-state index is 13.0. The molecule has 7 nitrogen and oxygen atoms in total. The van der Waals surface area contributed by atoms with E-state index in [-0.39, 0.29) is 17.1 Å². The molecule has 0 fully saturated rings. The summed E-state index contributed by atoms with van der Waals surface area (Å²) in [4.78, 5) is 30.5. The Labute approximate surface area is 184 Å². The number of ether oxygens (including phenoxy) is 3. The first-order chi connectivity index (χ1) is 15.2. The van der Waals surface area contributed by atoms with Gasteiger partial charge in [-0.25, -0.2) is 4.98 Å². The van der Waals surface area contributed by atoms with Crippen molar-refractivity contribution >= 4 is 28.4 Å². The average Bonchev–Trinajstić information content (AvgIpc) is 2.81. The Morgan fingerprint density at radius 2 is 1.97 bits per heavy atom. The van der Waals surface area contributed by atoms with Crippen LogP contribution in [0.4, 0.5) is 0 Å². The van der Waals surface area contributed by atoms with Gasteiger partial charge >= 0.3 is 0 Å². The van der Waals surface area contributed by atoms with Crippen LogP contribution >= 0.6 is 11.8 Å². The lowest BCUT2D eigenvalue weighted by molar-refractivity contribution is 0.102. The average molecular weight is 441 g/mol. The van der Waals surface area contributed by atoms with Crippen molar-refractivity contribution in [2.75, 3.05) is 32.2 Å². The molecule has 0 radical (unpaired) electrons. The van der Waals surface area contributed by atoms with Crippen molar-refractivity contribution in [2.45, 2.75) is 25.0 Å². The third-order valence-corrected chi connectivity index (χ3v) is 5.87. The Bertz CT molecular complexity index is 1140. The van der Waals surface area contributed by atoms with E-state index in [1.165, 1.54) is 11.8 Å². The van der Waals surface area contributed by atoms with Gasteiger partial charge in [-0.05, 0) is 43.7 Å². The SMILES string of the molecule is CCOCCCn1c(SCC(=O)c2ccc3c(c2)OCCO3)nc2ccccc2c1=O. The van der Waals surface area contributed by atoms with Gasteiger partial charge in [-0.2, -0.15) is 0 Å². The van der Waals surface area contributed by atoms with Crippen LogP contribution in [-0.2, 0) is 11.3 Å². The van der Waals surface area contributed by atoms with E-state index < -0.39 is 0 Å². The van der Waals surface area contributed by atoms with E-state index in [0.717, 1.165) is 0 Å². The van der Waals surface area contributed by atoms with Crippen LogP contribution in [0, 0.1) is 0 Å². The molecule has 1 aliphatic heterocycles. The number of carbonyl (C=O) groups is 1. The molecule has 0 bridgehead atoms. The summed E-state index contributed by atoms with van der Waals surface area (Å²) in [5.41, 5.74) is 1.07. The summed E-state index contributed by atoms with van der Waals surface area (Å²) >= 11 is 1.27. The Balaban J connectivity index is 1.55. The number of Topliss-reactive ketones (excluding diaryl/α,β-unsaturated/α-hetero) is 1. The summed E-state index contributed by atoms with van der Waals surface area (Å²) in [5, 5.41) is 1.10. The molecule has 4 rings (SSSR count). The summed E-state index contributed by atoms with van der Waals surface area (Å²) in [6.07, 6.45) is 0.692. The minimum atomic E-state index is -0.101. The molecular formula is C23H24N2O5S. The van der Waals surface area contributed by atoms with Crippen molar-refractivity contribution in [2.24, 2.45) is 0 Å². The number of aromatic nitrogens is 2. The van der Waals surface area contributed by atoms with E-state index in [1.54, 1.807) is 28.8 Å². The molecule has 0 atom stereocenters. The van der Waals surface area contributed by atoms with Gasteiger partial charge in [-0.3, -0.25) is 14.2 Å². The molecule has 0 aliphatic carbocycles. The third kappa shape index (κ3) is 4.91. The van der Waals surface area contributed by atoms with Gasteiger partial charge in [0.05, 0.1) is 16.7 Å². The monoisotopic (exact) mass is 440 g/mol. The first kappa shape index (κ1) is 21.4. The normalized spacial score (nSPS) is 12.8. The number of benzene rings is 2. The second-order valence-corrected chi connectivity index (χ2v) is 7.93. The molecule has 162 valence electrons.